The summed E-state index contributed by atoms with van der Waals surface area (Å²) in [5, 5.41) is 19.9. The predicted molar refractivity (Wildman–Crippen MR) is 117 cm³/mol. The van der Waals surface area contributed by atoms with Crippen molar-refractivity contribution < 1.29 is 29.3 Å². The first kappa shape index (κ1) is 18.7. The highest BCUT2D eigenvalue weighted by Gasteiger charge is 2.64. The molecule has 2 unspecified atom stereocenters. The van der Waals surface area contributed by atoms with E-state index in [2.05, 4.69) is 42.5 Å². The number of fused-ring (bicyclic) bond motifs is 1. The smallest absolute Gasteiger partial charge is 0.321 e. The summed E-state index contributed by atoms with van der Waals surface area (Å²) in [6.07, 6.45) is -0.275. The summed E-state index contributed by atoms with van der Waals surface area (Å²) in [5.41, 5.74) is 6.83. The molecule has 33 heavy (non-hydrogen) atoms. The van der Waals surface area contributed by atoms with E-state index in [4.69, 9.17) is 9.47 Å². The third kappa shape index (κ3) is 1.78. The second-order valence-electron chi connectivity index (χ2n) is 9.44. The maximum Gasteiger partial charge on any atom is 0.321 e. The Morgan fingerprint density at radius 1 is 0.909 bits per heavy atom. The number of methoxy groups -OCH3 is 2. The van der Waals surface area contributed by atoms with E-state index in [9.17, 15) is 19.8 Å². The maximum absolute atomic E-state index is 12.2. The minimum Gasteiger partial charge on any atom is -0.496 e. The Morgan fingerprint density at radius 3 is 2.24 bits per heavy atom. The highest BCUT2D eigenvalue weighted by Crippen LogP contribution is 2.72. The molecule has 3 aromatic carbocycles. The molecule has 1 spiro atoms. The molecular formula is C27H20O6. The number of carbonyl (C=O) groups is 2. The molecular weight excluding hydrogens is 420 g/mol. The number of ether oxygens (including phenoxy) is 2. The van der Waals surface area contributed by atoms with E-state index in [1.165, 1.54) is 16.7 Å². The maximum atomic E-state index is 12.2. The molecule has 2 atom stereocenters. The second-order valence-corrected chi connectivity index (χ2v) is 9.44. The summed E-state index contributed by atoms with van der Waals surface area (Å²) < 4.78 is 12.0. The molecule has 164 valence electrons. The molecule has 0 heterocycles. The van der Waals surface area contributed by atoms with Gasteiger partial charge in [-0.25, -0.2) is 0 Å². The average molecular weight is 440 g/mol. The van der Waals surface area contributed by atoms with Crippen LogP contribution in [0.25, 0.3) is 0 Å². The topological polar surface area (TPSA) is 93.1 Å². The Balaban J connectivity index is 1.63. The van der Waals surface area contributed by atoms with Crippen molar-refractivity contribution in [3.05, 3.63) is 92.5 Å². The van der Waals surface area contributed by atoms with Gasteiger partial charge in [-0.05, 0) is 27.8 Å². The lowest BCUT2D eigenvalue weighted by atomic mass is 9.72. The molecule has 8 rings (SSSR count). The Bertz CT molecular complexity index is 1450. The van der Waals surface area contributed by atoms with Gasteiger partial charge < -0.3 is 19.7 Å². The van der Waals surface area contributed by atoms with Crippen molar-refractivity contribution >= 4 is 11.9 Å². The molecule has 2 N–H and O–H groups in total. The standard InChI is InChI=1S/C27H20O6/c1-32-22-15-10-26(24(28)29,25(30)31)11-16(15)23(33-2)21-19(22)18-12-5-3-6-13(9-12)27(21)17-8-4-7-14(18)20(17)27/h3-9,18H,10-11H2,1-2H3,(H,28,29)(H,30,31). The number of benzene rings is 3. The third-order valence-corrected chi connectivity index (χ3v) is 8.28. The lowest BCUT2D eigenvalue weighted by molar-refractivity contribution is -0.163. The normalized spacial score (nSPS) is 23.2. The zero-order valence-corrected chi connectivity index (χ0v) is 18.1. The highest BCUT2D eigenvalue weighted by molar-refractivity contribution is 6.01. The van der Waals surface area contributed by atoms with Crippen molar-refractivity contribution in [3.8, 4) is 11.5 Å². The van der Waals surface area contributed by atoms with E-state index < -0.39 is 22.8 Å². The molecule has 0 aromatic heterocycles. The fourth-order valence-corrected chi connectivity index (χ4v) is 6.97. The first-order valence-electron chi connectivity index (χ1n) is 10.9. The van der Waals surface area contributed by atoms with Crippen LogP contribution in [0.2, 0.25) is 0 Å². The van der Waals surface area contributed by atoms with E-state index in [1.807, 2.05) is 0 Å². The van der Waals surface area contributed by atoms with Gasteiger partial charge in [-0.15, -0.1) is 0 Å². The fourth-order valence-electron chi connectivity index (χ4n) is 6.97. The Kier molecular flexibility index (Phi) is 3.16. The van der Waals surface area contributed by atoms with E-state index >= 15 is 0 Å². The number of carboxylic acids is 2. The first-order chi connectivity index (χ1) is 15.9. The van der Waals surface area contributed by atoms with Gasteiger partial charge in [0.05, 0.1) is 19.6 Å². The van der Waals surface area contributed by atoms with Crippen LogP contribution in [-0.2, 0) is 27.8 Å². The molecule has 4 bridgehead atoms. The largest absolute Gasteiger partial charge is 0.496 e. The number of hydrogen-bond donors (Lipinski definition) is 2. The second kappa shape index (κ2) is 5.57. The molecule has 0 saturated heterocycles. The predicted octanol–water partition coefficient (Wildman–Crippen LogP) is 3.46. The molecule has 0 saturated carbocycles. The monoisotopic (exact) mass is 440 g/mol. The molecule has 3 aromatic rings. The van der Waals surface area contributed by atoms with Crippen LogP contribution in [0, 0.1) is 5.41 Å². The molecule has 0 fully saturated rings. The summed E-state index contributed by atoms with van der Waals surface area (Å²) in [6.45, 7) is 0. The number of hydrogen-bond acceptors (Lipinski definition) is 4. The Morgan fingerprint density at radius 2 is 1.58 bits per heavy atom. The zero-order valence-electron chi connectivity index (χ0n) is 18.1. The number of carboxylic acid groups (broad SMARTS) is 2. The number of aliphatic carboxylic acids is 2. The van der Waals surface area contributed by atoms with Gasteiger partial charge in [-0.2, -0.15) is 0 Å². The number of rotatable bonds is 4. The van der Waals surface area contributed by atoms with Crippen LogP contribution >= 0.6 is 0 Å². The molecule has 6 heteroatoms. The molecule has 0 amide bonds. The lowest BCUT2D eigenvalue weighted by Crippen LogP contribution is -2.40. The molecule has 0 aliphatic heterocycles. The van der Waals surface area contributed by atoms with Crippen molar-refractivity contribution in [2.75, 3.05) is 14.2 Å². The van der Waals surface area contributed by atoms with Gasteiger partial charge in [-0.1, -0.05) is 42.5 Å². The molecule has 5 aliphatic carbocycles. The summed E-state index contributed by atoms with van der Waals surface area (Å²) >= 11 is 0. The lowest BCUT2D eigenvalue weighted by Gasteiger charge is -2.32. The Hall–Kier alpha value is -3.80. The van der Waals surface area contributed by atoms with Crippen LogP contribution in [0.4, 0.5) is 0 Å². The minimum absolute atomic E-state index is 0.0909. The fraction of sp³-hybridized carbons (Fsp3) is 0.259. The van der Waals surface area contributed by atoms with Gasteiger partial charge in [0.2, 0.25) is 0 Å². The van der Waals surface area contributed by atoms with Crippen molar-refractivity contribution in [1.82, 2.24) is 0 Å². The van der Waals surface area contributed by atoms with E-state index in [0.29, 0.717) is 22.6 Å². The van der Waals surface area contributed by atoms with Crippen molar-refractivity contribution in [2.45, 2.75) is 24.2 Å². The van der Waals surface area contributed by atoms with Gasteiger partial charge in [0.1, 0.15) is 11.5 Å². The van der Waals surface area contributed by atoms with Crippen molar-refractivity contribution in [2.24, 2.45) is 5.41 Å². The quantitative estimate of drug-likeness (QED) is 0.408. The molecule has 5 aliphatic rings. The van der Waals surface area contributed by atoms with Crippen LogP contribution in [0.1, 0.15) is 56.0 Å². The van der Waals surface area contributed by atoms with E-state index in [-0.39, 0.29) is 18.8 Å². The summed E-state index contributed by atoms with van der Waals surface area (Å²) in [4.78, 5) is 24.4. The van der Waals surface area contributed by atoms with Gasteiger partial charge in [0.15, 0.2) is 5.41 Å². The van der Waals surface area contributed by atoms with Crippen molar-refractivity contribution in [1.29, 1.82) is 0 Å². The van der Waals surface area contributed by atoms with Gasteiger partial charge >= 0.3 is 11.9 Å². The summed E-state index contributed by atoms with van der Waals surface area (Å²) in [7, 11) is 3.17. The molecule has 0 radical (unpaired) electrons. The average Bonchev–Trinajstić information content (AvgIpc) is 3.36. The van der Waals surface area contributed by atoms with Crippen LogP contribution < -0.4 is 9.47 Å². The Labute approximate surface area is 189 Å². The van der Waals surface area contributed by atoms with E-state index in [1.54, 1.807) is 14.2 Å². The highest BCUT2D eigenvalue weighted by atomic mass is 16.5. The van der Waals surface area contributed by atoms with Crippen LogP contribution in [0.3, 0.4) is 0 Å². The van der Waals surface area contributed by atoms with Crippen LogP contribution in [0.15, 0.2) is 42.5 Å². The first-order valence-corrected chi connectivity index (χ1v) is 10.9. The molecule has 6 nitrogen and oxygen atoms in total. The van der Waals surface area contributed by atoms with Crippen LogP contribution in [-0.4, -0.2) is 36.4 Å². The van der Waals surface area contributed by atoms with Gasteiger partial charge in [-0.3, -0.25) is 9.59 Å². The van der Waals surface area contributed by atoms with Crippen molar-refractivity contribution in [3.63, 3.8) is 0 Å². The minimum atomic E-state index is -1.94. The third-order valence-electron chi connectivity index (χ3n) is 8.28. The SMILES string of the molecule is COc1c2c(c(OC)c3c1C1c4cccc(c4)C34c3cccc1c34)CC(C(=O)O)(C(=O)O)C2. The zero-order chi connectivity index (χ0) is 22.9. The van der Waals surface area contributed by atoms with Crippen LogP contribution in [0.5, 0.6) is 11.5 Å². The van der Waals surface area contributed by atoms with Gasteiger partial charge in [0, 0.05) is 41.0 Å². The van der Waals surface area contributed by atoms with E-state index in [0.717, 1.165) is 22.3 Å². The van der Waals surface area contributed by atoms with Gasteiger partial charge in [0.25, 0.3) is 0 Å². The summed E-state index contributed by atoms with van der Waals surface area (Å²) in [6, 6.07) is 15.0. The summed E-state index contributed by atoms with van der Waals surface area (Å²) in [5.74, 6) is -1.58.